The van der Waals surface area contributed by atoms with Gasteiger partial charge in [0.15, 0.2) is 0 Å². The maximum absolute atomic E-state index is 12.5. The molecule has 10 heteroatoms. The molecule has 1 N–H and O–H groups in total. The number of para-hydroxylation sites is 1. The number of halogens is 2. The number of nitrogens with zero attached hydrogens (tertiary/aromatic N) is 2. The third kappa shape index (κ3) is 4.70. The maximum Gasteiger partial charge on any atom is 0.292 e. The van der Waals surface area contributed by atoms with Crippen molar-refractivity contribution >= 4 is 65.9 Å². The maximum atomic E-state index is 12.5. The number of methoxy groups -OCH3 is 1. The molecule has 0 bridgehead atoms. The summed E-state index contributed by atoms with van der Waals surface area (Å²) in [7, 11) is 4.14. The van der Waals surface area contributed by atoms with Crippen molar-refractivity contribution in [3.63, 3.8) is 0 Å². The summed E-state index contributed by atoms with van der Waals surface area (Å²) in [5, 5.41) is 7.17. The second-order valence-corrected chi connectivity index (χ2v) is 10.0. The summed E-state index contributed by atoms with van der Waals surface area (Å²) < 4.78 is 21.5. The van der Waals surface area contributed by atoms with Crippen molar-refractivity contribution in [1.82, 2.24) is 14.5 Å². The highest BCUT2D eigenvalue weighted by molar-refractivity contribution is 7.90. The lowest BCUT2D eigenvalue weighted by Crippen LogP contribution is -2.33. The average Bonchev–Trinajstić information content (AvgIpc) is 3.18. The van der Waals surface area contributed by atoms with E-state index in [1.54, 1.807) is 36.9 Å². The van der Waals surface area contributed by atoms with E-state index in [-0.39, 0.29) is 0 Å². The third-order valence-corrected chi connectivity index (χ3v) is 7.02. The molecule has 4 aromatic rings. The van der Waals surface area contributed by atoms with Gasteiger partial charge in [-0.3, -0.25) is 4.79 Å². The van der Waals surface area contributed by atoms with Crippen molar-refractivity contribution in [2.24, 2.45) is 0 Å². The second-order valence-electron chi connectivity index (χ2n) is 7.08. The molecule has 4 rings (SSSR count). The Morgan fingerprint density at radius 3 is 2.70 bits per heavy atom. The number of amides is 1. The molecular formula is C23H20Cl2N3O3PS. The lowest BCUT2D eigenvalue weighted by molar-refractivity contribution is 0.0982. The summed E-state index contributed by atoms with van der Waals surface area (Å²) in [6.45, 7) is 1.72. The smallest absolute Gasteiger partial charge is 0.292 e. The largest absolute Gasteiger partial charge is 0.593 e. The molecule has 0 radical (unpaired) electrons. The van der Waals surface area contributed by atoms with Crippen LogP contribution in [0, 0.1) is 0 Å². The average molecular weight is 520 g/mol. The highest BCUT2D eigenvalue weighted by atomic mass is 35.5. The zero-order valence-electron chi connectivity index (χ0n) is 17.8. The Balaban J connectivity index is 1.89. The fourth-order valence-electron chi connectivity index (χ4n) is 3.48. The molecule has 0 saturated carbocycles. The molecule has 2 atom stereocenters. The summed E-state index contributed by atoms with van der Waals surface area (Å²) in [5.41, 5.74) is 3.19. The summed E-state index contributed by atoms with van der Waals surface area (Å²) in [5.74, 6) is 0.537. The van der Waals surface area contributed by atoms with Gasteiger partial charge in [-0.1, -0.05) is 35.3 Å². The van der Waals surface area contributed by atoms with Crippen molar-refractivity contribution in [2.75, 3.05) is 12.9 Å². The minimum atomic E-state index is -1.45. The molecule has 33 heavy (non-hydrogen) atoms. The SMILES string of the molecule is CC[S+]([O-])NC(=O)c1cc(Cl)c(-n2nc(-c3ccccc3OC)c3cc(Cl)ccc32)cc1P. The number of hydrogen-bond acceptors (Lipinski definition) is 4. The Morgan fingerprint density at radius 1 is 1.21 bits per heavy atom. The van der Waals surface area contributed by atoms with E-state index in [1.807, 2.05) is 36.4 Å². The van der Waals surface area contributed by atoms with Gasteiger partial charge in [0.05, 0.1) is 40.3 Å². The number of hydrogen-bond donors (Lipinski definition) is 1. The molecule has 2 unspecified atom stereocenters. The van der Waals surface area contributed by atoms with Crippen LogP contribution in [0.3, 0.4) is 0 Å². The minimum Gasteiger partial charge on any atom is -0.593 e. The normalized spacial score (nSPS) is 12.1. The van der Waals surface area contributed by atoms with Crippen LogP contribution in [0.15, 0.2) is 54.6 Å². The molecule has 0 aliphatic rings. The van der Waals surface area contributed by atoms with E-state index in [9.17, 15) is 9.35 Å². The predicted octanol–water partition coefficient (Wildman–Crippen LogP) is 4.92. The molecule has 1 amide bonds. The molecular weight excluding hydrogens is 500 g/mol. The molecule has 0 fully saturated rings. The van der Waals surface area contributed by atoms with E-state index >= 15 is 0 Å². The van der Waals surface area contributed by atoms with E-state index in [2.05, 4.69) is 14.0 Å². The van der Waals surface area contributed by atoms with Crippen LogP contribution in [0.4, 0.5) is 0 Å². The fourth-order valence-corrected chi connectivity index (χ4v) is 4.73. The summed E-state index contributed by atoms with van der Waals surface area (Å²) in [6, 6.07) is 16.4. The van der Waals surface area contributed by atoms with Gasteiger partial charge in [-0.05, 0) is 54.7 Å². The van der Waals surface area contributed by atoms with Crippen LogP contribution in [0.25, 0.3) is 27.8 Å². The number of fused-ring (bicyclic) bond motifs is 1. The van der Waals surface area contributed by atoms with Crippen LogP contribution in [0.2, 0.25) is 10.0 Å². The van der Waals surface area contributed by atoms with Gasteiger partial charge in [0.2, 0.25) is 0 Å². The van der Waals surface area contributed by atoms with Crippen molar-refractivity contribution < 1.29 is 14.1 Å². The van der Waals surface area contributed by atoms with Gasteiger partial charge in [0.1, 0.15) is 17.2 Å². The third-order valence-electron chi connectivity index (χ3n) is 5.06. The highest BCUT2D eigenvalue weighted by Crippen LogP contribution is 2.37. The summed E-state index contributed by atoms with van der Waals surface area (Å²) in [6.07, 6.45) is 0. The van der Waals surface area contributed by atoms with Crippen LogP contribution in [-0.2, 0) is 11.4 Å². The number of carbonyl (C=O) groups excluding carboxylic acids is 1. The summed E-state index contributed by atoms with van der Waals surface area (Å²) in [4.78, 5) is 12.5. The molecule has 0 aliphatic heterocycles. The first-order valence-electron chi connectivity index (χ1n) is 9.94. The molecule has 0 saturated heterocycles. The first kappa shape index (κ1) is 23.9. The van der Waals surface area contributed by atoms with Gasteiger partial charge in [0, 0.05) is 16.0 Å². The van der Waals surface area contributed by atoms with Crippen LogP contribution < -0.4 is 14.8 Å². The van der Waals surface area contributed by atoms with Gasteiger partial charge in [-0.25, -0.2) is 4.68 Å². The quantitative estimate of drug-likeness (QED) is 0.289. The minimum absolute atomic E-state index is 0.317. The number of ether oxygens (including phenoxy) is 1. The number of aromatic nitrogens is 2. The Hall–Kier alpha value is -2.28. The molecule has 1 heterocycles. The fraction of sp³-hybridized carbons (Fsp3) is 0.130. The predicted molar refractivity (Wildman–Crippen MR) is 139 cm³/mol. The first-order chi connectivity index (χ1) is 15.8. The van der Waals surface area contributed by atoms with Crippen molar-refractivity contribution in [3.8, 4) is 22.7 Å². The number of rotatable bonds is 6. The van der Waals surface area contributed by atoms with E-state index in [4.69, 9.17) is 33.0 Å². The van der Waals surface area contributed by atoms with Crippen LogP contribution in [-0.4, -0.2) is 33.1 Å². The molecule has 0 aliphatic carbocycles. The van der Waals surface area contributed by atoms with Gasteiger partial charge in [-0.15, -0.1) is 9.24 Å². The number of benzene rings is 3. The summed E-state index contributed by atoms with van der Waals surface area (Å²) >= 11 is 11.5. The van der Waals surface area contributed by atoms with Crippen molar-refractivity contribution in [3.05, 3.63) is 70.2 Å². The second kappa shape index (κ2) is 9.92. The van der Waals surface area contributed by atoms with Crippen LogP contribution in [0.5, 0.6) is 5.75 Å². The van der Waals surface area contributed by atoms with Crippen molar-refractivity contribution in [2.45, 2.75) is 6.92 Å². The molecule has 0 spiro atoms. The Kier molecular flexibility index (Phi) is 7.17. The van der Waals surface area contributed by atoms with Crippen LogP contribution >= 0.6 is 32.4 Å². The van der Waals surface area contributed by atoms with E-state index in [0.29, 0.717) is 43.8 Å². The zero-order valence-corrected chi connectivity index (χ0v) is 21.2. The van der Waals surface area contributed by atoms with E-state index < -0.39 is 17.3 Å². The number of nitrogens with one attached hydrogen (secondary N) is 1. The molecule has 6 nitrogen and oxygen atoms in total. The lowest BCUT2D eigenvalue weighted by atomic mass is 10.1. The Morgan fingerprint density at radius 2 is 1.97 bits per heavy atom. The topological polar surface area (TPSA) is 79.2 Å². The van der Waals surface area contributed by atoms with Gasteiger partial charge < -0.3 is 9.29 Å². The van der Waals surface area contributed by atoms with Crippen LogP contribution in [0.1, 0.15) is 17.3 Å². The van der Waals surface area contributed by atoms with E-state index in [1.165, 1.54) is 0 Å². The first-order valence-corrected chi connectivity index (χ1v) is 12.6. The lowest BCUT2D eigenvalue weighted by Gasteiger charge is -2.13. The molecule has 1 aromatic heterocycles. The molecule has 3 aromatic carbocycles. The molecule has 170 valence electrons. The van der Waals surface area contributed by atoms with Gasteiger partial charge in [0.25, 0.3) is 5.91 Å². The van der Waals surface area contributed by atoms with E-state index in [0.717, 1.165) is 16.5 Å². The zero-order chi connectivity index (χ0) is 23.7. The highest BCUT2D eigenvalue weighted by Gasteiger charge is 2.21. The Labute approximate surface area is 206 Å². The standard InChI is InChI=1S/C23H20Cl2N3O3PS/c1-3-33(30)27-23(29)16-11-17(25)19(12-21(16)32)28-18-9-8-13(24)10-15(18)22(26-28)14-6-4-5-7-20(14)31-2/h4-12H,3,32H2,1-2H3,(H,27,29). The van der Waals surface area contributed by atoms with Crippen molar-refractivity contribution in [1.29, 1.82) is 0 Å². The van der Waals surface area contributed by atoms with Gasteiger partial charge >= 0.3 is 0 Å². The number of carbonyl (C=O) groups is 1. The monoisotopic (exact) mass is 519 g/mol. The Bertz CT molecular complexity index is 1360. The van der Waals surface area contributed by atoms with Gasteiger partial charge in [-0.2, -0.15) is 9.82 Å².